The van der Waals surface area contributed by atoms with Crippen molar-refractivity contribution in [3.05, 3.63) is 65.2 Å². The topological polar surface area (TPSA) is 54.5 Å². The predicted molar refractivity (Wildman–Crippen MR) is 98.4 cm³/mol. The number of fused-ring (bicyclic) bond motifs is 1. The fraction of sp³-hybridized carbons (Fsp3) is 0.350. The van der Waals surface area contributed by atoms with E-state index in [1.165, 1.54) is 0 Å². The first-order valence-corrected chi connectivity index (χ1v) is 9.88. The Morgan fingerprint density at radius 2 is 1.84 bits per heavy atom. The number of rotatable bonds is 4. The van der Waals surface area contributed by atoms with Crippen molar-refractivity contribution in [3.8, 4) is 0 Å². The second-order valence-electron chi connectivity index (χ2n) is 7.09. The van der Waals surface area contributed by atoms with Gasteiger partial charge < -0.3 is 9.69 Å². The van der Waals surface area contributed by atoms with Crippen molar-refractivity contribution in [3.63, 3.8) is 0 Å². The summed E-state index contributed by atoms with van der Waals surface area (Å²) >= 11 is 0. The number of likely N-dealkylation sites (N-methyl/N-ethyl adjacent to an activating group) is 1. The predicted octanol–water partition coefficient (Wildman–Crippen LogP) is 3.34. The Bertz CT molecular complexity index is 879. The third-order valence-corrected chi connectivity index (χ3v) is 7.22. The van der Waals surface area contributed by atoms with Crippen LogP contribution in [0.1, 0.15) is 20.8 Å². The van der Waals surface area contributed by atoms with Gasteiger partial charge in [-0.15, -0.1) is 0 Å². The lowest BCUT2D eigenvalue weighted by atomic mass is 9.71. The molecule has 2 unspecified atom stereocenters. The molecule has 3 rings (SSSR count). The minimum absolute atomic E-state index is 0.193. The van der Waals surface area contributed by atoms with Gasteiger partial charge in [0.15, 0.2) is 0 Å². The lowest BCUT2D eigenvalue weighted by Crippen LogP contribution is -2.38. The molecular formula is C20H23NO3S. The lowest BCUT2D eigenvalue weighted by Gasteiger charge is -2.32. The summed E-state index contributed by atoms with van der Waals surface area (Å²) in [6.45, 7) is 10.8. The average molecular weight is 357 g/mol. The number of allylic oxidation sites excluding steroid dienone is 4. The van der Waals surface area contributed by atoms with Gasteiger partial charge in [0.25, 0.3) is 0 Å². The SMILES string of the molecule is C=C1C(S(=O)(=O)c2ccccc2)=CC=C2C1C(C)(C)C(C=O)N2CC. The summed E-state index contributed by atoms with van der Waals surface area (Å²) in [6, 6.07) is 8.10. The van der Waals surface area contributed by atoms with Crippen LogP contribution in [0.15, 0.2) is 70.1 Å². The van der Waals surface area contributed by atoms with Crippen LogP contribution in [0.4, 0.5) is 0 Å². The monoisotopic (exact) mass is 357 g/mol. The van der Waals surface area contributed by atoms with Crippen molar-refractivity contribution >= 4 is 16.1 Å². The van der Waals surface area contributed by atoms with E-state index in [4.69, 9.17) is 0 Å². The van der Waals surface area contributed by atoms with Crippen molar-refractivity contribution in [2.45, 2.75) is 31.7 Å². The highest BCUT2D eigenvalue weighted by Gasteiger charge is 2.53. The first-order valence-electron chi connectivity index (χ1n) is 8.40. The van der Waals surface area contributed by atoms with E-state index in [1.807, 2.05) is 31.7 Å². The van der Waals surface area contributed by atoms with Gasteiger partial charge in [0.05, 0.1) is 15.8 Å². The molecule has 2 aliphatic rings. The van der Waals surface area contributed by atoms with Crippen LogP contribution < -0.4 is 0 Å². The molecule has 1 fully saturated rings. The number of hydrogen-bond donors (Lipinski definition) is 0. The Hall–Kier alpha value is -2.14. The van der Waals surface area contributed by atoms with E-state index in [2.05, 4.69) is 6.58 Å². The highest BCUT2D eigenvalue weighted by Crippen LogP contribution is 2.53. The molecule has 25 heavy (non-hydrogen) atoms. The fourth-order valence-corrected chi connectivity index (χ4v) is 5.61. The van der Waals surface area contributed by atoms with Gasteiger partial charge in [0, 0.05) is 23.6 Å². The molecular weight excluding hydrogens is 334 g/mol. The van der Waals surface area contributed by atoms with Crippen molar-refractivity contribution in [2.75, 3.05) is 6.54 Å². The van der Waals surface area contributed by atoms with E-state index in [0.29, 0.717) is 12.1 Å². The molecule has 2 atom stereocenters. The number of carbonyl (C=O) groups is 1. The first-order chi connectivity index (χ1) is 11.8. The number of hydrogen-bond acceptors (Lipinski definition) is 4. The summed E-state index contributed by atoms with van der Waals surface area (Å²) in [5, 5.41) is 0. The molecule has 132 valence electrons. The summed E-state index contributed by atoms with van der Waals surface area (Å²) in [5.41, 5.74) is 1.11. The van der Waals surface area contributed by atoms with Crippen molar-refractivity contribution in [2.24, 2.45) is 11.3 Å². The number of likely N-dealkylation sites (tertiary alicyclic amines) is 1. The maximum Gasteiger partial charge on any atom is 0.206 e. The normalized spacial score (nSPS) is 25.2. The number of aldehydes is 1. The summed E-state index contributed by atoms with van der Waals surface area (Å²) in [4.78, 5) is 14.3. The third kappa shape index (κ3) is 2.49. The van der Waals surface area contributed by atoms with Crippen molar-refractivity contribution < 1.29 is 13.2 Å². The van der Waals surface area contributed by atoms with Crippen LogP contribution in [0.25, 0.3) is 0 Å². The molecule has 1 heterocycles. The van der Waals surface area contributed by atoms with Gasteiger partial charge in [-0.1, -0.05) is 38.6 Å². The Labute approximate surface area is 149 Å². The van der Waals surface area contributed by atoms with Crippen LogP contribution in [0, 0.1) is 11.3 Å². The molecule has 1 saturated heterocycles. The van der Waals surface area contributed by atoms with Gasteiger partial charge in [0.2, 0.25) is 9.84 Å². The second-order valence-corrected chi connectivity index (χ2v) is 9.00. The molecule has 0 amide bonds. The maximum atomic E-state index is 13.1. The Balaban J connectivity index is 2.12. The molecule has 1 aromatic carbocycles. The highest BCUT2D eigenvalue weighted by atomic mass is 32.2. The van der Waals surface area contributed by atoms with Crippen LogP contribution in [-0.2, 0) is 14.6 Å². The van der Waals surface area contributed by atoms with E-state index < -0.39 is 15.3 Å². The molecule has 0 radical (unpaired) electrons. The molecule has 0 N–H and O–H groups in total. The molecule has 0 aromatic heterocycles. The van der Waals surface area contributed by atoms with Gasteiger partial charge in [-0.3, -0.25) is 0 Å². The largest absolute Gasteiger partial charge is 0.364 e. The fourth-order valence-electron chi connectivity index (χ4n) is 4.13. The van der Waals surface area contributed by atoms with Gasteiger partial charge >= 0.3 is 0 Å². The molecule has 1 aliphatic heterocycles. The lowest BCUT2D eigenvalue weighted by molar-refractivity contribution is -0.113. The van der Waals surface area contributed by atoms with E-state index in [1.54, 1.807) is 36.4 Å². The second kappa shape index (κ2) is 5.99. The molecule has 4 nitrogen and oxygen atoms in total. The zero-order valence-electron chi connectivity index (χ0n) is 14.8. The number of nitrogens with zero attached hydrogens (tertiary/aromatic N) is 1. The van der Waals surface area contributed by atoms with Crippen LogP contribution in [-0.4, -0.2) is 32.2 Å². The third-order valence-electron chi connectivity index (χ3n) is 5.35. The molecule has 0 bridgehead atoms. The zero-order chi connectivity index (χ0) is 18.4. The minimum Gasteiger partial charge on any atom is -0.364 e. The number of sulfone groups is 1. The minimum atomic E-state index is -3.64. The summed E-state index contributed by atoms with van der Waals surface area (Å²) in [5.74, 6) is -0.193. The van der Waals surface area contributed by atoms with E-state index >= 15 is 0 Å². The Morgan fingerprint density at radius 3 is 2.40 bits per heavy atom. The van der Waals surface area contributed by atoms with Crippen LogP contribution >= 0.6 is 0 Å². The summed E-state index contributed by atoms with van der Waals surface area (Å²) < 4.78 is 26.1. The zero-order valence-corrected chi connectivity index (χ0v) is 15.6. The quantitative estimate of drug-likeness (QED) is 0.776. The standard InChI is InChI=1S/C20H23NO3S/c1-5-21-16-11-12-17(25(23,24)15-9-7-6-8-10-15)14(2)19(16)20(3,4)18(21)13-22/h6-13,18-19H,2,5H2,1,3-4H3. The molecule has 5 heteroatoms. The summed E-state index contributed by atoms with van der Waals surface area (Å²) in [7, 11) is -3.64. The maximum absolute atomic E-state index is 13.1. The molecule has 1 aromatic rings. The molecule has 0 spiro atoms. The summed E-state index contributed by atoms with van der Waals surface area (Å²) in [6.07, 6.45) is 4.42. The Morgan fingerprint density at radius 1 is 1.20 bits per heavy atom. The van der Waals surface area contributed by atoms with Crippen LogP contribution in [0.3, 0.4) is 0 Å². The van der Waals surface area contributed by atoms with Crippen LogP contribution in [0.2, 0.25) is 0 Å². The average Bonchev–Trinajstić information content (AvgIpc) is 2.82. The number of benzene rings is 1. The Kier molecular flexibility index (Phi) is 4.23. The highest BCUT2D eigenvalue weighted by molar-refractivity contribution is 7.95. The smallest absolute Gasteiger partial charge is 0.206 e. The number of carbonyl (C=O) groups excluding carboxylic acids is 1. The van der Waals surface area contributed by atoms with Gasteiger partial charge in [-0.05, 0) is 36.8 Å². The van der Waals surface area contributed by atoms with Gasteiger partial charge in [-0.25, -0.2) is 8.42 Å². The first kappa shape index (κ1) is 17.7. The van der Waals surface area contributed by atoms with E-state index in [9.17, 15) is 13.2 Å². The molecule has 1 aliphatic carbocycles. The van der Waals surface area contributed by atoms with Crippen LogP contribution in [0.5, 0.6) is 0 Å². The molecule has 0 saturated carbocycles. The van der Waals surface area contributed by atoms with Gasteiger partial charge in [-0.2, -0.15) is 0 Å². The van der Waals surface area contributed by atoms with Crippen molar-refractivity contribution in [1.82, 2.24) is 4.90 Å². The van der Waals surface area contributed by atoms with Gasteiger partial charge in [0.1, 0.15) is 6.29 Å². The van der Waals surface area contributed by atoms with E-state index in [-0.39, 0.29) is 21.8 Å². The van der Waals surface area contributed by atoms with E-state index in [0.717, 1.165) is 12.0 Å². The van der Waals surface area contributed by atoms with Crippen molar-refractivity contribution in [1.29, 1.82) is 0 Å².